The van der Waals surface area contributed by atoms with Crippen LogP contribution in [0.5, 0.6) is 11.5 Å². The number of carbonyl (C=O) groups excluding carboxylic acids is 1. The summed E-state index contributed by atoms with van der Waals surface area (Å²) in [5, 5.41) is 46.1. The van der Waals surface area contributed by atoms with E-state index in [1.165, 1.54) is 7.11 Å². The number of nitrogens with zero attached hydrogens (tertiary/aromatic N) is 4. The highest BCUT2D eigenvalue weighted by molar-refractivity contribution is 5.96. The van der Waals surface area contributed by atoms with Gasteiger partial charge in [0.25, 0.3) is 23.0 Å². The van der Waals surface area contributed by atoms with Gasteiger partial charge in [-0.15, -0.1) is 0 Å². The van der Waals surface area contributed by atoms with Crippen LogP contribution >= 0.6 is 0 Å². The maximum atomic E-state index is 12.1. The second kappa shape index (κ2) is 8.38. The summed E-state index contributed by atoms with van der Waals surface area (Å²) in [6.45, 7) is 0. The molecular weight excluding hydrogens is 394 g/mol. The van der Waals surface area contributed by atoms with Gasteiger partial charge in [0, 0.05) is 23.8 Å². The third kappa shape index (κ3) is 4.76. The lowest BCUT2D eigenvalue weighted by molar-refractivity contribution is -0.394. The number of amides is 1. The summed E-state index contributed by atoms with van der Waals surface area (Å²) in [5.41, 5.74) is -0.381. The molecule has 0 aromatic heterocycles. The number of nitro groups is 3. The lowest BCUT2D eigenvalue weighted by Crippen LogP contribution is -2.18. The van der Waals surface area contributed by atoms with Crippen LogP contribution in [0.15, 0.2) is 35.4 Å². The first-order chi connectivity index (χ1) is 13.6. The molecule has 14 heteroatoms. The van der Waals surface area contributed by atoms with Crippen molar-refractivity contribution in [3.63, 3.8) is 0 Å². The molecule has 0 heterocycles. The Balaban J connectivity index is 2.31. The number of phenolic OH excluding ortho intramolecular Hbond substituents is 1. The summed E-state index contributed by atoms with van der Waals surface area (Å²) in [6, 6.07) is 4.25. The minimum atomic E-state index is -1.02. The van der Waals surface area contributed by atoms with E-state index in [0.29, 0.717) is 6.07 Å². The molecule has 2 aromatic carbocycles. The van der Waals surface area contributed by atoms with E-state index in [-0.39, 0.29) is 11.3 Å². The number of hydrogen-bond donors (Lipinski definition) is 2. The molecule has 0 radical (unpaired) electrons. The van der Waals surface area contributed by atoms with Crippen LogP contribution in [0.2, 0.25) is 0 Å². The highest BCUT2D eigenvalue weighted by Gasteiger charge is 2.20. The van der Waals surface area contributed by atoms with Gasteiger partial charge >= 0.3 is 0 Å². The number of carbonyl (C=O) groups is 1. The number of non-ortho nitro benzene ring substituents is 3. The van der Waals surface area contributed by atoms with Crippen molar-refractivity contribution in [2.75, 3.05) is 7.11 Å². The summed E-state index contributed by atoms with van der Waals surface area (Å²) in [6.07, 6.45) is 0.870. The summed E-state index contributed by atoms with van der Waals surface area (Å²) in [5.74, 6) is -1.71. The lowest BCUT2D eigenvalue weighted by atomic mass is 10.1. The van der Waals surface area contributed by atoms with Crippen LogP contribution in [0.25, 0.3) is 0 Å². The van der Waals surface area contributed by atoms with Crippen LogP contribution in [-0.4, -0.2) is 39.1 Å². The molecule has 0 bridgehead atoms. The van der Waals surface area contributed by atoms with Gasteiger partial charge in [0.1, 0.15) is 0 Å². The number of hydrogen-bond acceptors (Lipinski definition) is 10. The van der Waals surface area contributed by atoms with Crippen LogP contribution in [0.3, 0.4) is 0 Å². The number of methoxy groups -OCH3 is 1. The standard InChI is InChI=1S/C15H11N5O9/c1-29-13-6-12(20(27)28)4-9(14(13)21)7-16-17-15(22)8-2-10(18(23)24)5-11(3-8)19(25)26/h2-7,21H,1H3,(H,17,22). The zero-order valence-electron chi connectivity index (χ0n) is 14.5. The van der Waals surface area contributed by atoms with Gasteiger partial charge in [-0.05, 0) is 0 Å². The first-order valence-corrected chi connectivity index (χ1v) is 7.46. The highest BCUT2D eigenvalue weighted by atomic mass is 16.6. The average molecular weight is 405 g/mol. The molecule has 0 saturated heterocycles. The molecule has 0 fully saturated rings. The van der Waals surface area contributed by atoms with E-state index in [4.69, 9.17) is 4.74 Å². The summed E-state index contributed by atoms with van der Waals surface area (Å²) >= 11 is 0. The molecule has 0 aliphatic rings. The molecule has 29 heavy (non-hydrogen) atoms. The normalized spacial score (nSPS) is 10.5. The van der Waals surface area contributed by atoms with Crippen molar-refractivity contribution in [3.8, 4) is 11.5 Å². The Kier molecular flexibility index (Phi) is 5.98. The Hall–Kier alpha value is -4.62. The summed E-state index contributed by atoms with van der Waals surface area (Å²) < 4.78 is 4.81. The predicted molar refractivity (Wildman–Crippen MR) is 96.1 cm³/mol. The van der Waals surface area contributed by atoms with E-state index in [1.807, 2.05) is 5.43 Å². The SMILES string of the molecule is COc1cc([N+](=O)[O-])cc(C=NNC(=O)c2cc([N+](=O)[O-])cc([N+](=O)[O-])c2)c1O. The number of phenols is 1. The Morgan fingerprint density at radius 3 is 2.00 bits per heavy atom. The van der Waals surface area contributed by atoms with Crippen molar-refractivity contribution >= 4 is 29.2 Å². The summed E-state index contributed by atoms with van der Waals surface area (Å²) in [4.78, 5) is 42.2. The average Bonchev–Trinajstić information content (AvgIpc) is 2.68. The van der Waals surface area contributed by atoms with Gasteiger partial charge in [0.2, 0.25) is 0 Å². The smallest absolute Gasteiger partial charge is 0.277 e. The van der Waals surface area contributed by atoms with Crippen molar-refractivity contribution < 1.29 is 29.4 Å². The van der Waals surface area contributed by atoms with Crippen LogP contribution in [0, 0.1) is 30.3 Å². The number of ether oxygens (including phenoxy) is 1. The summed E-state index contributed by atoms with van der Waals surface area (Å²) in [7, 11) is 1.18. The Labute approximate surface area is 160 Å². The van der Waals surface area contributed by atoms with Crippen LogP contribution in [0.4, 0.5) is 17.1 Å². The van der Waals surface area contributed by atoms with E-state index < -0.39 is 49.1 Å². The number of nitrogens with one attached hydrogen (secondary N) is 1. The lowest BCUT2D eigenvalue weighted by Gasteiger charge is -2.06. The molecule has 14 nitrogen and oxygen atoms in total. The molecule has 0 unspecified atom stereocenters. The maximum Gasteiger partial charge on any atom is 0.277 e. The molecule has 0 aliphatic carbocycles. The topological polar surface area (TPSA) is 200 Å². The first-order valence-electron chi connectivity index (χ1n) is 7.46. The molecule has 0 saturated carbocycles. The van der Waals surface area contributed by atoms with E-state index in [9.17, 15) is 40.2 Å². The number of hydrazone groups is 1. The van der Waals surface area contributed by atoms with E-state index >= 15 is 0 Å². The van der Waals surface area contributed by atoms with Crippen molar-refractivity contribution in [2.24, 2.45) is 5.10 Å². The van der Waals surface area contributed by atoms with Gasteiger partial charge in [0.05, 0.1) is 45.8 Å². The number of aromatic hydroxyl groups is 1. The van der Waals surface area contributed by atoms with Crippen molar-refractivity contribution in [3.05, 3.63) is 71.8 Å². The molecule has 2 N–H and O–H groups in total. The quantitative estimate of drug-likeness (QED) is 0.392. The Morgan fingerprint density at radius 1 is 1.00 bits per heavy atom. The molecule has 2 aromatic rings. The minimum absolute atomic E-state index is 0.165. The molecule has 0 aliphatic heterocycles. The monoisotopic (exact) mass is 405 g/mol. The van der Waals surface area contributed by atoms with E-state index in [2.05, 4.69) is 5.10 Å². The van der Waals surface area contributed by atoms with Gasteiger partial charge in [-0.3, -0.25) is 35.1 Å². The van der Waals surface area contributed by atoms with E-state index in [1.54, 1.807) is 0 Å². The van der Waals surface area contributed by atoms with Crippen molar-refractivity contribution in [1.29, 1.82) is 0 Å². The molecule has 0 spiro atoms. The number of nitro benzene ring substituents is 3. The second-order valence-electron chi connectivity index (χ2n) is 5.29. The Morgan fingerprint density at radius 2 is 1.52 bits per heavy atom. The third-order valence-corrected chi connectivity index (χ3v) is 3.48. The molecule has 1 amide bonds. The molecular formula is C15H11N5O9. The van der Waals surface area contributed by atoms with Gasteiger partial charge in [-0.2, -0.15) is 5.10 Å². The fraction of sp³-hybridized carbons (Fsp3) is 0.0667. The fourth-order valence-electron chi connectivity index (χ4n) is 2.14. The maximum absolute atomic E-state index is 12.1. The van der Waals surface area contributed by atoms with Gasteiger partial charge in [0.15, 0.2) is 11.5 Å². The van der Waals surface area contributed by atoms with Crippen molar-refractivity contribution in [2.45, 2.75) is 0 Å². The van der Waals surface area contributed by atoms with Crippen LogP contribution < -0.4 is 10.2 Å². The molecule has 150 valence electrons. The van der Waals surface area contributed by atoms with Gasteiger partial charge < -0.3 is 9.84 Å². The Bertz CT molecular complexity index is 1020. The van der Waals surface area contributed by atoms with Crippen LogP contribution in [0.1, 0.15) is 15.9 Å². The third-order valence-electron chi connectivity index (χ3n) is 3.48. The number of benzene rings is 2. The largest absolute Gasteiger partial charge is 0.504 e. The highest BCUT2D eigenvalue weighted by Crippen LogP contribution is 2.33. The van der Waals surface area contributed by atoms with Crippen LogP contribution in [-0.2, 0) is 0 Å². The van der Waals surface area contributed by atoms with Crippen molar-refractivity contribution in [1.82, 2.24) is 5.43 Å². The second-order valence-corrected chi connectivity index (χ2v) is 5.29. The first kappa shape index (κ1) is 20.7. The molecule has 0 atom stereocenters. The minimum Gasteiger partial charge on any atom is -0.504 e. The van der Waals surface area contributed by atoms with E-state index in [0.717, 1.165) is 30.5 Å². The predicted octanol–water partition coefficient (Wildman–Crippen LogP) is 1.89. The zero-order valence-corrected chi connectivity index (χ0v) is 14.5. The van der Waals surface area contributed by atoms with Gasteiger partial charge in [-0.1, -0.05) is 0 Å². The molecule has 2 rings (SSSR count). The number of rotatable bonds is 7. The fourth-order valence-corrected chi connectivity index (χ4v) is 2.14. The zero-order chi connectivity index (χ0) is 21.7. The van der Waals surface area contributed by atoms with Gasteiger partial charge in [-0.25, -0.2) is 5.43 Å².